The summed E-state index contributed by atoms with van der Waals surface area (Å²) in [7, 11) is 0. The second-order valence-electron chi connectivity index (χ2n) is 2.54. The Kier molecular flexibility index (Phi) is 2.97. The average molecular weight is 172 g/mol. The third-order valence-corrected chi connectivity index (χ3v) is 1.68. The van der Waals surface area contributed by atoms with Crippen LogP contribution in [0.5, 0.6) is 0 Å². The maximum absolute atomic E-state index is 8.72. The molecule has 1 aromatic heterocycles. The van der Waals surface area contributed by atoms with Crippen molar-refractivity contribution < 1.29 is 0 Å². The van der Waals surface area contributed by atoms with E-state index in [-0.39, 0.29) is 6.42 Å². The van der Waals surface area contributed by atoms with E-state index >= 15 is 0 Å². The molecule has 64 valence electrons. The fraction of sp³-hybridized carbons (Fsp3) is 0.222. The van der Waals surface area contributed by atoms with Gasteiger partial charge < -0.3 is 5.73 Å². The first-order valence-corrected chi connectivity index (χ1v) is 3.76. The molecule has 2 N–H and O–H groups in total. The van der Waals surface area contributed by atoms with E-state index in [1.54, 1.807) is 6.07 Å². The Morgan fingerprint density at radius 2 is 2.31 bits per heavy atom. The highest BCUT2D eigenvalue weighted by Gasteiger charge is 2.09. The van der Waals surface area contributed by atoms with Gasteiger partial charge in [-0.2, -0.15) is 10.5 Å². The Morgan fingerprint density at radius 3 is 2.92 bits per heavy atom. The van der Waals surface area contributed by atoms with Gasteiger partial charge in [-0.15, -0.1) is 0 Å². The van der Waals surface area contributed by atoms with Crippen LogP contribution in [0.3, 0.4) is 0 Å². The molecule has 4 heteroatoms. The molecule has 1 rings (SSSR count). The summed E-state index contributed by atoms with van der Waals surface area (Å²) in [6, 6.07) is 5.13. The van der Waals surface area contributed by atoms with Gasteiger partial charge in [0.1, 0.15) is 0 Å². The van der Waals surface area contributed by atoms with Gasteiger partial charge in [-0.25, -0.2) is 0 Å². The normalized spacial score (nSPS) is 11.3. The van der Waals surface area contributed by atoms with Gasteiger partial charge in [-0.1, -0.05) is 0 Å². The van der Waals surface area contributed by atoms with Crippen molar-refractivity contribution in [2.24, 2.45) is 5.73 Å². The lowest BCUT2D eigenvalue weighted by molar-refractivity contribution is 0.741. The zero-order valence-corrected chi connectivity index (χ0v) is 6.94. The molecule has 0 radical (unpaired) electrons. The van der Waals surface area contributed by atoms with E-state index in [0.29, 0.717) is 11.1 Å². The van der Waals surface area contributed by atoms with E-state index in [1.165, 1.54) is 12.4 Å². The first-order valence-electron chi connectivity index (χ1n) is 3.76. The van der Waals surface area contributed by atoms with E-state index in [4.69, 9.17) is 16.3 Å². The summed E-state index contributed by atoms with van der Waals surface area (Å²) in [4.78, 5) is 3.86. The number of nitrogens with two attached hydrogens (primary N) is 1. The predicted molar refractivity (Wildman–Crippen MR) is 46.1 cm³/mol. The van der Waals surface area contributed by atoms with Gasteiger partial charge in [-0.3, -0.25) is 4.98 Å². The average Bonchev–Trinajstić information content (AvgIpc) is 2.18. The van der Waals surface area contributed by atoms with Crippen molar-refractivity contribution in [2.45, 2.75) is 12.5 Å². The first kappa shape index (κ1) is 9.18. The highest BCUT2D eigenvalue weighted by atomic mass is 14.7. The molecular formula is C9H8N4. The highest BCUT2D eigenvalue weighted by molar-refractivity contribution is 5.37. The van der Waals surface area contributed by atoms with Crippen molar-refractivity contribution in [2.75, 3.05) is 0 Å². The molecule has 0 aliphatic heterocycles. The standard InChI is InChI=1S/C9H8N4/c10-3-1-9(12)8-6-13-4-2-7(8)5-11/h2,4,6,9H,1,12H2/t9-/m1/s1. The molecule has 4 nitrogen and oxygen atoms in total. The predicted octanol–water partition coefficient (Wildman–Crippen LogP) is 0.867. The lowest BCUT2D eigenvalue weighted by Crippen LogP contribution is -2.11. The maximum atomic E-state index is 8.72. The zero-order chi connectivity index (χ0) is 9.68. The lowest BCUT2D eigenvalue weighted by atomic mass is 10.0. The molecule has 13 heavy (non-hydrogen) atoms. The minimum atomic E-state index is -0.423. The summed E-state index contributed by atoms with van der Waals surface area (Å²) in [5.74, 6) is 0. The van der Waals surface area contributed by atoms with Crippen LogP contribution in [0.25, 0.3) is 0 Å². The molecule has 0 aromatic carbocycles. The molecule has 0 unspecified atom stereocenters. The lowest BCUT2D eigenvalue weighted by Gasteiger charge is -2.07. The monoisotopic (exact) mass is 172 g/mol. The van der Waals surface area contributed by atoms with Gasteiger partial charge >= 0.3 is 0 Å². The molecule has 0 fully saturated rings. The van der Waals surface area contributed by atoms with E-state index in [9.17, 15) is 0 Å². The summed E-state index contributed by atoms with van der Waals surface area (Å²) in [6.45, 7) is 0. The fourth-order valence-electron chi connectivity index (χ4n) is 1.01. The van der Waals surface area contributed by atoms with Crippen molar-refractivity contribution in [3.8, 4) is 12.1 Å². The van der Waals surface area contributed by atoms with E-state index in [2.05, 4.69) is 4.98 Å². The topological polar surface area (TPSA) is 86.5 Å². The van der Waals surface area contributed by atoms with Crippen molar-refractivity contribution in [1.29, 1.82) is 10.5 Å². The smallest absolute Gasteiger partial charge is 0.0996 e. The SMILES string of the molecule is N#CC[C@@H](N)c1cnccc1C#N. The van der Waals surface area contributed by atoms with Gasteiger partial charge in [0.15, 0.2) is 0 Å². The minimum Gasteiger partial charge on any atom is -0.323 e. The van der Waals surface area contributed by atoms with Crippen LogP contribution < -0.4 is 5.73 Å². The summed E-state index contributed by atoms with van der Waals surface area (Å²) >= 11 is 0. The van der Waals surface area contributed by atoms with Gasteiger partial charge in [0.2, 0.25) is 0 Å². The molecule has 1 aromatic rings. The van der Waals surface area contributed by atoms with E-state index < -0.39 is 6.04 Å². The van der Waals surface area contributed by atoms with Crippen molar-refractivity contribution in [1.82, 2.24) is 4.98 Å². The van der Waals surface area contributed by atoms with E-state index in [1.807, 2.05) is 12.1 Å². The summed E-state index contributed by atoms with van der Waals surface area (Å²) in [5.41, 5.74) is 6.78. The summed E-state index contributed by atoms with van der Waals surface area (Å²) in [6.07, 6.45) is 3.25. The first-order chi connectivity index (χ1) is 6.29. The van der Waals surface area contributed by atoms with Gasteiger partial charge in [0.05, 0.1) is 24.1 Å². The zero-order valence-electron chi connectivity index (χ0n) is 6.94. The number of rotatable bonds is 2. The summed E-state index contributed by atoms with van der Waals surface area (Å²) < 4.78 is 0. The largest absolute Gasteiger partial charge is 0.323 e. The number of hydrogen-bond donors (Lipinski definition) is 1. The van der Waals surface area contributed by atoms with Crippen molar-refractivity contribution in [3.63, 3.8) is 0 Å². The second kappa shape index (κ2) is 4.20. The van der Waals surface area contributed by atoms with Gasteiger partial charge in [0.25, 0.3) is 0 Å². The quantitative estimate of drug-likeness (QED) is 0.716. The second-order valence-corrected chi connectivity index (χ2v) is 2.54. The van der Waals surface area contributed by atoms with Crippen LogP contribution in [0.2, 0.25) is 0 Å². The van der Waals surface area contributed by atoms with E-state index in [0.717, 1.165) is 0 Å². The molecule has 0 saturated carbocycles. The molecule has 0 saturated heterocycles. The molecule has 0 spiro atoms. The number of hydrogen-bond acceptors (Lipinski definition) is 4. The number of pyridine rings is 1. The third kappa shape index (κ3) is 2.02. The fourth-order valence-corrected chi connectivity index (χ4v) is 1.01. The Hall–Kier alpha value is -1.91. The molecule has 1 atom stereocenters. The Balaban J connectivity index is 3.02. The van der Waals surface area contributed by atoms with Crippen LogP contribution in [0.4, 0.5) is 0 Å². The summed E-state index contributed by atoms with van der Waals surface area (Å²) in [5, 5.41) is 17.1. The van der Waals surface area contributed by atoms with Crippen LogP contribution in [-0.2, 0) is 0 Å². The molecule has 0 amide bonds. The molecule has 0 aliphatic carbocycles. The third-order valence-electron chi connectivity index (χ3n) is 1.68. The van der Waals surface area contributed by atoms with Crippen LogP contribution >= 0.6 is 0 Å². The number of nitrogens with zero attached hydrogens (tertiary/aromatic N) is 3. The Bertz CT molecular complexity index is 372. The van der Waals surface area contributed by atoms with Gasteiger partial charge in [-0.05, 0) is 6.07 Å². The van der Waals surface area contributed by atoms with Crippen LogP contribution in [-0.4, -0.2) is 4.98 Å². The van der Waals surface area contributed by atoms with Gasteiger partial charge in [0, 0.05) is 24.0 Å². The Labute approximate surface area is 76.2 Å². The highest BCUT2D eigenvalue weighted by Crippen LogP contribution is 2.15. The number of aromatic nitrogens is 1. The van der Waals surface area contributed by atoms with Crippen LogP contribution in [0, 0.1) is 22.7 Å². The maximum Gasteiger partial charge on any atom is 0.0996 e. The van der Waals surface area contributed by atoms with Crippen molar-refractivity contribution >= 4 is 0 Å². The van der Waals surface area contributed by atoms with Crippen LogP contribution in [0.15, 0.2) is 18.5 Å². The molecule has 1 heterocycles. The minimum absolute atomic E-state index is 0.195. The molecule has 0 bridgehead atoms. The van der Waals surface area contributed by atoms with Crippen LogP contribution in [0.1, 0.15) is 23.6 Å². The molecular weight excluding hydrogens is 164 g/mol. The van der Waals surface area contributed by atoms with Crippen molar-refractivity contribution in [3.05, 3.63) is 29.6 Å². The number of nitriles is 2. The Morgan fingerprint density at radius 1 is 1.54 bits per heavy atom. The molecule has 0 aliphatic rings.